The topological polar surface area (TPSA) is 74.3 Å². The van der Waals surface area contributed by atoms with E-state index < -0.39 is 5.97 Å². The predicted molar refractivity (Wildman–Crippen MR) is 84.2 cm³/mol. The molecular weight excluding hydrogens is 316 g/mol. The van der Waals surface area contributed by atoms with E-state index in [2.05, 4.69) is 4.98 Å². The van der Waals surface area contributed by atoms with E-state index in [9.17, 15) is 9.59 Å². The lowest BCUT2D eigenvalue weighted by molar-refractivity contribution is 0.0444. The minimum Gasteiger partial charge on any atom is -0.457 e. The molecule has 0 radical (unpaired) electrons. The first-order valence-electron chi connectivity index (χ1n) is 6.90. The summed E-state index contributed by atoms with van der Waals surface area (Å²) in [6.07, 6.45) is 3.09. The fourth-order valence-electron chi connectivity index (χ4n) is 2.34. The fraction of sp³-hybridized carbons (Fsp3) is 0.188. The standard InChI is InChI=1S/C16H14N2O4S/c1-10-8-12(11(2)18(10)16-17-5-7-23-16)13(19)9-22-15(20)14-4-3-6-21-14/h3-8H,9H2,1-2H3. The van der Waals surface area contributed by atoms with Crippen LogP contribution >= 0.6 is 11.3 Å². The van der Waals surface area contributed by atoms with Gasteiger partial charge in [-0.05, 0) is 32.0 Å². The normalized spacial score (nSPS) is 10.7. The molecule has 0 atom stereocenters. The number of thiazole rings is 1. The molecule has 118 valence electrons. The van der Waals surface area contributed by atoms with Crippen molar-refractivity contribution >= 4 is 23.1 Å². The Morgan fingerprint density at radius 1 is 1.39 bits per heavy atom. The first kappa shape index (κ1) is 15.2. The molecule has 0 N–H and O–H groups in total. The summed E-state index contributed by atoms with van der Waals surface area (Å²) in [5, 5.41) is 2.67. The molecule has 0 aliphatic heterocycles. The molecule has 3 heterocycles. The third kappa shape index (κ3) is 2.95. The van der Waals surface area contributed by atoms with Crippen LogP contribution in [0, 0.1) is 13.8 Å². The van der Waals surface area contributed by atoms with Crippen LogP contribution in [0.25, 0.3) is 5.13 Å². The summed E-state index contributed by atoms with van der Waals surface area (Å²) in [7, 11) is 0. The molecule has 0 saturated heterocycles. The number of aromatic nitrogens is 2. The summed E-state index contributed by atoms with van der Waals surface area (Å²) in [6.45, 7) is 3.41. The van der Waals surface area contributed by atoms with Crippen molar-refractivity contribution in [2.75, 3.05) is 6.61 Å². The van der Waals surface area contributed by atoms with Crippen molar-refractivity contribution in [3.63, 3.8) is 0 Å². The smallest absolute Gasteiger partial charge is 0.374 e. The first-order valence-corrected chi connectivity index (χ1v) is 7.78. The zero-order valence-corrected chi connectivity index (χ0v) is 13.4. The fourth-order valence-corrected chi connectivity index (χ4v) is 3.09. The molecule has 3 aromatic rings. The Kier molecular flexibility index (Phi) is 4.12. The number of rotatable bonds is 5. The van der Waals surface area contributed by atoms with Gasteiger partial charge in [0.05, 0.1) is 6.26 Å². The van der Waals surface area contributed by atoms with Gasteiger partial charge >= 0.3 is 5.97 Å². The van der Waals surface area contributed by atoms with Crippen LogP contribution < -0.4 is 0 Å². The highest BCUT2D eigenvalue weighted by molar-refractivity contribution is 7.12. The van der Waals surface area contributed by atoms with Crippen LogP contribution in [0.3, 0.4) is 0 Å². The average molecular weight is 330 g/mol. The second-order valence-electron chi connectivity index (χ2n) is 4.91. The number of carbonyl (C=O) groups excluding carboxylic acids is 2. The molecule has 0 amide bonds. The van der Waals surface area contributed by atoms with E-state index in [1.807, 2.05) is 23.8 Å². The van der Waals surface area contributed by atoms with Gasteiger partial charge in [-0.2, -0.15) is 0 Å². The van der Waals surface area contributed by atoms with Crippen LogP contribution in [0.2, 0.25) is 0 Å². The molecule has 3 rings (SSSR count). The van der Waals surface area contributed by atoms with E-state index in [0.717, 1.165) is 16.5 Å². The van der Waals surface area contributed by atoms with Crippen LogP contribution in [0.5, 0.6) is 0 Å². The second kappa shape index (κ2) is 6.21. The molecule has 0 unspecified atom stereocenters. The maximum Gasteiger partial charge on any atom is 0.374 e. The van der Waals surface area contributed by atoms with Crippen molar-refractivity contribution in [2.24, 2.45) is 0 Å². The Bertz CT molecular complexity index is 832. The van der Waals surface area contributed by atoms with Crippen molar-refractivity contribution in [3.05, 3.63) is 58.8 Å². The van der Waals surface area contributed by atoms with Gasteiger partial charge in [-0.1, -0.05) is 0 Å². The van der Waals surface area contributed by atoms with Crippen molar-refractivity contribution in [1.29, 1.82) is 0 Å². The predicted octanol–water partition coefficient (Wildman–Crippen LogP) is 3.18. The van der Waals surface area contributed by atoms with Gasteiger partial charge in [-0.15, -0.1) is 11.3 Å². The number of ketones is 1. The lowest BCUT2D eigenvalue weighted by Crippen LogP contribution is -2.14. The number of esters is 1. The molecule has 0 saturated carbocycles. The highest BCUT2D eigenvalue weighted by atomic mass is 32.1. The molecule has 3 aromatic heterocycles. The molecular formula is C16H14N2O4S. The molecule has 0 aromatic carbocycles. The van der Waals surface area contributed by atoms with Crippen LogP contribution in [0.4, 0.5) is 0 Å². The van der Waals surface area contributed by atoms with Crippen LogP contribution in [0.1, 0.15) is 32.3 Å². The number of ether oxygens (including phenoxy) is 1. The number of Topliss-reactive ketones (excluding diaryl/α,β-unsaturated/α-hetero) is 1. The Morgan fingerprint density at radius 3 is 2.87 bits per heavy atom. The van der Waals surface area contributed by atoms with Gasteiger partial charge in [0.2, 0.25) is 11.5 Å². The number of hydrogen-bond donors (Lipinski definition) is 0. The molecule has 7 heteroatoms. The van der Waals surface area contributed by atoms with Crippen LogP contribution in [-0.4, -0.2) is 27.9 Å². The Labute approximate surface area is 136 Å². The largest absolute Gasteiger partial charge is 0.457 e. The van der Waals surface area contributed by atoms with Gasteiger partial charge in [0.15, 0.2) is 11.7 Å². The highest BCUT2D eigenvalue weighted by Crippen LogP contribution is 2.22. The first-order chi connectivity index (χ1) is 11.1. The van der Waals surface area contributed by atoms with Gasteiger partial charge in [-0.25, -0.2) is 9.78 Å². The number of hydrogen-bond acceptors (Lipinski definition) is 6. The molecule has 0 fully saturated rings. The van der Waals surface area contributed by atoms with Gasteiger partial charge in [-0.3, -0.25) is 9.36 Å². The molecule has 0 spiro atoms. The second-order valence-corrected chi connectivity index (χ2v) is 5.78. The molecule has 0 aliphatic carbocycles. The van der Waals surface area contributed by atoms with Crippen molar-refractivity contribution < 1.29 is 18.7 Å². The van der Waals surface area contributed by atoms with E-state index in [-0.39, 0.29) is 18.2 Å². The molecule has 6 nitrogen and oxygen atoms in total. The zero-order valence-electron chi connectivity index (χ0n) is 12.6. The van der Waals surface area contributed by atoms with E-state index in [0.29, 0.717) is 5.56 Å². The maximum absolute atomic E-state index is 12.3. The monoisotopic (exact) mass is 330 g/mol. The minimum absolute atomic E-state index is 0.0751. The number of nitrogens with zero attached hydrogens (tertiary/aromatic N) is 2. The zero-order chi connectivity index (χ0) is 16.4. The lowest BCUT2D eigenvalue weighted by Gasteiger charge is -2.05. The average Bonchev–Trinajstić information content (AvgIpc) is 3.25. The van der Waals surface area contributed by atoms with E-state index >= 15 is 0 Å². The third-order valence-electron chi connectivity index (χ3n) is 3.40. The van der Waals surface area contributed by atoms with E-state index in [1.165, 1.54) is 23.7 Å². The summed E-state index contributed by atoms with van der Waals surface area (Å²) in [6, 6.07) is 4.85. The highest BCUT2D eigenvalue weighted by Gasteiger charge is 2.20. The molecule has 23 heavy (non-hydrogen) atoms. The van der Waals surface area contributed by atoms with Gasteiger partial charge < -0.3 is 9.15 Å². The number of furan rings is 1. The van der Waals surface area contributed by atoms with Crippen LogP contribution in [0.15, 0.2) is 40.5 Å². The number of aryl methyl sites for hydroxylation is 1. The van der Waals surface area contributed by atoms with Crippen LogP contribution in [-0.2, 0) is 4.74 Å². The Morgan fingerprint density at radius 2 is 2.22 bits per heavy atom. The quantitative estimate of drug-likeness (QED) is 0.530. The summed E-state index contributed by atoms with van der Waals surface area (Å²) in [5.74, 6) is -0.844. The minimum atomic E-state index is -0.655. The number of carbonyl (C=O) groups is 2. The van der Waals surface area contributed by atoms with Gasteiger partial charge in [0, 0.05) is 28.5 Å². The lowest BCUT2D eigenvalue weighted by atomic mass is 10.1. The SMILES string of the molecule is Cc1cc(C(=O)COC(=O)c2ccco2)c(C)n1-c1nccs1. The summed E-state index contributed by atoms with van der Waals surface area (Å²) < 4.78 is 11.8. The summed E-state index contributed by atoms with van der Waals surface area (Å²) in [5.41, 5.74) is 2.19. The molecule has 0 bridgehead atoms. The van der Waals surface area contributed by atoms with Crippen molar-refractivity contribution in [3.8, 4) is 5.13 Å². The summed E-state index contributed by atoms with van der Waals surface area (Å²) in [4.78, 5) is 28.3. The Balaban J connectivity index is 1.76. The molecule has 0 aliphatic rings. The van der Waals surface area contributed by atoms with Gasteiger partial charge in [0.25, 0.3) is 0 Å². The van der Waals surface area contributed by atoms with Gasteiger partial charge in [0.1, 0.15) is 0 Å². The maximum atomic E-state index is 12.3. The van der Waals surface area contributed by atoms with E-state index in [1.54, 1.807) is 18.3 Å². The Hall–Kier alpha value is -2.67. The van der Waals surface area contributed by atoms with Crippen molar-refractivity contribution in [1.82, 2.24) is 9.55 Å². The summed E-state index contributed by atoms with van der Waals surface area (Å²) >= 11 is 1.49. The van der Waals surface area contributed by atoms with Crippen molar-refractivity contribution in [2.45, 2.75) is 13.8 Å². The third-order valence-corrected chi connectivity index (χ3v) is 4.16. The van der Waals surface area contributed by atoms with E-state index in [4.69, 9.17) is 9.15 Å².